The van der Waals surface area contributed by atoms with Crippen molar-refractivity contribution in [2.24, 2.45) is 11.3 Å². The lowest BCUT2D eigenvalue weighted by Gasteiger charge is -2.35. The van der Waals surface area contributed by atoms with E-state index >= 15 is 0 Å². The summed E-state index contributed by atoms with van der Waals surface area (Å²) in [6.45, 7) is 13.3. The lowest BCUT2D eigenvalue weighted by molar-refractivity contribution is -0.120. The molecule has 0 radical (unpaired) electrons. The lowest BCUT2D eigenvalue weighted by atomic mass is 9.72. The maximum absolute atomic E-state index is 13.0. The maximum atomic E-state index is 13.0. The second-order valence-electron chi connectivity index (χ2n) is 12.2. The van der Waals surface area contributed by atoms with Crippen molar-refractivity contribution in [3.8, 4) is 17.2 Å². The Bertz CT molecular complexity index is 1250. The van der Waals surface area contributed by atoms with Crippen LogP contribution in [0.3, 0.4) is 0 Å². The van der Waals surface area contributed by atoms with Crippen molar-refractivity contribution in [3.05, 3.63) is 83.9 Å². The molecule has 1 aliphatic heterocycles. The molecule has 1 saturated heterocycles. The van der Waals surface area contributed by atoms with E-state index in [1.54, 1.807) is 0 Å². The van der Waals surface area contributed by atoms with Crippen molar-refractivity contribution >= 4 is 17.3 Å². The Morgan fingerprint density at radius 3 is 2.16 bits per heavy atom. The van der Waals surface area contributed by atoms with Gasteiger partial charge in [0.15, 0.2) is 0 Å². The van der Waals surface area contributed by atoms with Gasteiger partial charge in [-0.05, 0) is 83.2 Å². The van der Waals surface area contributed by atoms with Crippen LogP contribution in [0.4, 0.5) is 11.4 Å². The number of nitrogens with one attached hydrogen (secondary N) is 1. The predicted octanol–water partition coefficient (Wildman–Crippen LogP) is 7.79. The van der Waals surface area contributed by atoms with Crippen molar-refractivity contribution < 1.29 is 4.79 Å². The van der Waals surface area contributed by atoms with E-state index in [9.17, 15) is 4.79 Å². The van der Waals surface area contributed by atoms with Gasteiger partial charge in [-0.2, -0.15) is 5.26 Å². The molecule has 0 aromatic heterocycles. The third kappa shape index (κ3) is 6.80. The second-order valence-corrected chi connectivity index (χ2v) is 12.2. The van der Waals surface area contributed by atoms with Crippen molar-refractivity contribution in [2.75, 3.05) is 23.3 Å². The summed E-state index contributed by atoms with van der Waals surface area (Å²) in [5.41, 5.74) is 6.53. The minimum Gasteiger partial charge on any atom is -0.371 e. The van der Waals surface area contributed by atoms with Crippen LogP contribution < -0.4 is 10.2 Å². The third-order valence-electron chi connectivity index (χ3n) is 7.33. The average molecular weight is 494 g/mol. The molecule has 1 amide bonds. The number of hydrogen-bond donors (Lipinski definition) is 1. The molecular formula is C33H39N3O. The molecule has 1 fully saturated rings. The fraction of sp³-hybridized carbons (Fsp3) is 0.394. The normalized spacial score (nSPS) is 14.8. The van der Waals surface area contributed by atoms with Gasteiger partial charge < -0.3 is 10.2 Å². The Kier molecular flexibility index (Phi) is 7.73. The third-order valence-corrected chi connectivity index (χ3v) is 7.33. The number of carbonyl (C=O) groups excluding carboxylic acids is 1. The first-order valence-corrected chi connectivity index (χ1v) is 13.3. The molecule has 3 aromatic carbocycles. The smallest absolute Gasteiger partial charge is 0.227 e. The van der Waals surface area contributed by atoms with E-state index in [-0.39, 0.29) is 22.7 Å². The van der Waals surface area contributed by atoms with Crippen LogP contribution in [0.25, 0.3) is 11.1 Å². The van der Waals surface area contributed by atoms with E-state index in [0.717, 1.165) is 49.2 Å². The maximum Gasteiger partial charge on any atom is 0.227 e. The largest absolute Gasteiger partial charge is 0.371 e. The van der Waals surface area contributed by atoms with Crippen LogP contribution in [0, 0.1) is 22.7 Å². The van der Waals surface area contributed by atoms with E-state index in [0.29, 0.717) is 5.56 Å². The number of hydrogen-bond acceptors (Lipinski definition) is 3. The van der Waals surface area contributed by atoms with Crippen LogP contribution in [0.15, 0.2) is 72.8 Å². The van der Waals surface area contributed by atoms with Crippen molar-refractivity contribution in [2.45, 2.75) is 59.3 Å². The summed E-state index contributed by atoms with van der Waals surface area (Å²) in [7, 11) is 0. The molecule has 37 heavy (non-hydrogen) atoms. The molecule has 3 aromatic rings. The standard InChI is InChI=1S/C33H39N3O/c1-32(2,3)23-33(4,5)28-13-15-30(16-14-28)36-19-17-26(18-20-36)31(37)35-29-8-6-7-27(21-29)25-11-9-24(22-34)10-12-25/h6-16,21,26H,17-20,23H2,1-5H3,(H,35,37). The Morgan fingerprint density at radius 1 is 0.919 bits per heavy atom. The zero-order valence-corrected chi connectivity index (χ0v) is 22.8. The number of rotatable bonds is 6. The van der Waals surface area contributed by atoms with Crippen LogP contribution in [-0.4, -0.2) is 19.0 Å². The van der Waals surface area contributed by atoms with Crippen molar-refractivity contribution in [3.63, 3.8) is 0 Å². The van der Waals surface area contributed by atoms with Gasteiger partial charge in [0.05, 0.1) is 11.6 Å². The minimum atomic E-state index is 0.0137. The van der Waals surface area contributed by atoms with Gasteiger partial charge in [0.25, 0.3) is 0 Å². The molecule has 0 unspecified atom stereocenters. The van der Waals surface area contributed by atoms with Gasteiger partial charge in [0, 0.05) is 30.4 Å². The molecular weight excluding hydrogens is 454 g/mol. The summed E-state index contributed by atoms with van der Waals surface area (Å²) in [5, 5.41) is 12.2. The van der Waals surface area contributed by atoms with Crippen LogP contribution in [-0.2, 0) is 10.2 Å². The Morgan fingerprint density at radius 2 is 1.57 bits per heavy atom. The molecule has 1 N–H and O–H groups in total. The second kappa shape index (κ2) is 10.8. The summed E-state index contributed by atoms with van der Waals surface area (Å²) in [6, 6.07) is 26.6. The molecule has 4 rings (SSSR count). The summed E-state index contributed by atoms with van der Waals surface area (Å²) in [6.07, 6.45) is 2.83. The highest BCUT2D eigenvalue weighted by atomic mass is 16.1. The SMILES string of the molecule is CC(C)(C)CC(C)(C)c1ccc(N2CCC(C(=O)Nc3cccc(-c4ccc(C#N)cc4)c3)CC2)cc1. The average Bonchev–Trinajstić information content (AvgIpc) is 2.88. The molecule has 192 valence electrons. The molecule has 0 aliphatic carbocycles. The number of piperidine rings is 1. The highest BCUT2D eigenvalue weighted by Gasteiger charge is 2.28. The van der Waals surface area contributed by atoms with Crippen molar-refractivity contribution in [1.82, 2.24) is 0 Å². The summed E-state index contributed by atoms with van der Waals surface area (Å²) in [4.78, 5) is 15.4. The van der Waals surface area contributed by atoms with Gasteiger partial charge in [-0.3, -0.25) is 4.79 Å². The van der Waals surface area contributed by atoms with Gasteiger partial charge in [-0.25, -0.2) is 0 Å². The van der Waals surface area contributed by atoms with Crippen LogP contribution in [0.2, 0.25) is 0 Å². The lowest BCUT2D eigenvalue weighted by Crippen LogP contribution is -2.38. The topological polar surface area (TPSA) is 56.1 Å². The van der Waals surface area contributed by atoms with Gasteiger partial charge in [0.2, 0.25) is 5.91 Å². The Hall–Kier alpha value is -3.58. The highest BCUT2D eigenvalue weighted by molar-refractivity contribution is 5.93. The molecule has 1 aliphatic rings. The van der Waals surface area contributed by atoms with Crippen molar-refractivity contribution in [1.29, 1.82) is 5.26 Å². The molecule has 0 bridgehead atoms. The zero-order chi connectivity index (χ0) is 26.6. The first-order chi connectivity index (χ1) is 17.5. The van der Waals surface area contributed by atoms with Gasteiger partial charge >= 0.3 is 0 Å². The van der Waals surface area contributed by atoms with Gasteiger partial charge in [-0.15, -0.1) is 0 Å². The van der Waals surface area contributed by atoms with E-state index in [2.05, 4.69) is 75.2 Å². The predicted molar refractivity (Wildman–Crippen MR) is 154 cm³/mol. The van der Waals surface area contributed by atoms with E-state index < -0.39 is 0 Å². The van der Waals surface area contributed by atoms with E-state index in [4.69, 9.17) is 5.26 Å². The number of benzene rings is 3. The van der Waals surface area contributed by atoms with E-state index in [1.807, 2.05) is 48.5 Å². The number of amides is 1. The minimum absolute atomic E-state index is 0.0137. The summed E-state index contributed by atoms with van der Waals surface area (Å²) < 4.78 is 0. The van der Waals surface area contributed by atoms with Crippen LogP contribution in [0.5, 0.6) is 0 Å². The molecule has 4 nitrogen and oxygen atoms in total. The Labute approximate surface area is 222 Å². The molecule has 0 saturated carbocycles. The van der Waals surface area contributed by atoms with Gasteiger partial charge in [-0.1, -0.05) is 71.0 Å². The highest BCUT2D eigenvalue weighted by Crippen LogP contribution is 2.37. The zero-order valence-electron chi connectivity index (χ0n) is 22.8. The molecule has 4 heteroatoms. The molecule has 1 heterocycles. The summed E-state index contributed by atoms with van der Waals surface area (Å²) >= 11 is 0. The monoisotopic (exact) mass is 493 g/mol. The first-order valence-electron chi connectivity index (χ1n) is 13.3. The first kappa shape index (κ1) is 26.5. The summed E-state index contributed by atoms with van der Waals surface area (Å²) in [5.74, 6) is 0.107. The van der Waals surface area contributed by atoms with Crippen LogP contribution in [0.1, 0.15) is 65.0 Å². The number of nitrogens with zero attached hydrogens (tertiary/aromatic N) is 2. The van der Waals surface area contributed by atoms with Crippen LogP contribution >= 0.6 is 0 Å². The fourth-order valence-electron chi connectivity index (χ4n) is 5.71. The fourth-order valence-corrected chi connectivity index (χ4v) is 5.71. The number of carbonyl (C=O) groups is 1. The molecule has 0 spiro atoms. The Balaban J connectivity index is 1.33. The number of nitriles is 1. The molecule has 0 atom stereocenters. The quantitative estimate of drug-likeness (QED) is 0.381. The number of anilines is 2. The van der Waals surface area contributed by atoms with E-state index in [1.165, 1.54) is 11.3 Å². The van der Waals surface area contributed by atoms with Gasteiger partial charge in [0.1, 0.15) is 0 Å².